The fourth-order valence-electron chi connectivity index (χ4n) is 10.0. The summed E-state index contributed by atoms with van der Waals surface area (Å²) in [6.45, 7) is 2.98. The van der Waals surface area contributed by atoms with Gasteiger partial charge in [-0.3, -0.25) is 14.4 Å². The van der Waals surface area contributed by atoms with Crippen LogP contribution in [0.4, 0.5) is 9.18 Å². The number of aryl methyl sites for hydroxylation is 1. The molecule has 15 heteroatoms. The highest BCUT2D eigenvalue weighted by molar-refractivity contribution is 5.94. The maximum Gasteiger partial charge on any atom is 0.407 e. The van der Waals surface area contributed by atoms with Crippen LogP contribution in [-0.2, 0) is 53.8 Å². The van der Waals surface area contributed by atoms with Gasteiger partial charge in [0.05, 0.1) is 41.2 Å². The van der Waals surface area contributed by atoms with E-state index in [0.717, 1.165) is 44.3 Å². The van der Waals surface area contributed by atoms with Crippen LogP contribution in [0.25, 0.3) is 33.4 Å². The van der Waals surface area contributed by atoms with Crippen LogP contribution in [0.15, 0.2) is 65.5 Å². The molecule has 10 rings (SSSR count). The topological polar surface area (TPSA) is 187 Å². The van der Waals surface area contributed by atoms with Gasteiger partial charge in [0.1, 0.15) is 32.3 Å². The summed E-state index contributed by atoms with van der Waals surface area (Å²) >= 11 is 0. The Hall–Kier alpha value is -6.45. The summed E-state index contributed by atoms with van der Waals surface area (Å²) in [5.41, 5.74) is 6.45. The van der Waals surface area contributed by atoms with Crippen molar-refractivity contribution in [3.05, 3.63) is 121 Å². The van der Waals surface area contributed by atoms with Crippen LogP contribution in [0, 0.1) is 18.7 Å². The lowest BCUT2D eigenvalue weighted by Crippen LogP contribution is -2.45. The number of esters is 1. The molecule has 318 valence electrons. The number of aliphatic hydroxyl groups is 1. The van der Waals surface area contributed by atoms with E-state index in [4.69, 9.17) is 19.2 Å². The average molecular weight is 842 g/mol. The highest BCUT2D eigenvalue weighted by Gasteiger charge is 2.46. The fourth-order valence-corrected chi connectivity index (χ4v) is 10.0. The number of nitrogens with one attached hydrogen (secondary N) is 3. The van der Waals surface area contributed by atoms with Crippen molar-refractivity contribution in [2.24, 2.45) is 5.92 Å². The number of carbonyl (C=O) groups excluding carboxylic acids is 4. The number of rotatable bonds is 10. The molecule has 2 aromatic heterocycles. The molecule has 62 heavy (non-hydrogen) atoms. The first-order chi connectivity index (χ1) is 29.9. The Morgan fingerprint density at radius 3 is 2.45 bits per heavy atom. The largest absolute Gasteiger partial charge is 0.458 e. The molecule has 1 saturated carbocycles. The van der Waals surface area contributed by atoms with Gasteiger partial charge in [-0.15, -0.1) is 0 Å². The van der Waals surface area contributed by atoms with E-state index in [0.29, 0.717) is 48.2 Å². The van der Waals surface area contributed by atoms with Crippen molar-refractivity contribution < 1.29 is 42.9 Å². The number of aromatic nitrogens is 2. The van der Waals surface area contributed by atoms with Gasteiger partial charge in [-0.2, -0.15) is 0 Å². The molecule has 2 atom stereocenters. The number of carbonyl (C=O) groups is 4. The Bertz CT molecular complexity index is 2770. The van der Waals surface area contributed by atoms with Gasteiger partial charge < -0.3 is 39.8 Å². The number of cyclic esters (lactones) is 1. The maximum atomic E-state index is 15.3. The number of alkyl carbamates (subject to hydrolysis) is 1. The third-order valence-corrected chi connectivity index (χ3v) is 13.5. The highest BCUT2D eigenvalue weighted by Crippen LogP contribution is 2.47. The van der Waals surface area contributed by atoms with Gasteiger partial charge in [0.2, 0.25) is 11.8 Å². The first-order valence-electron chi connectivity index (χ1n) is 21.0. The molecular weight excluding hydrogens is 798 g/mol. The van der Waals surface area contributed by atoms with Gasteiger partial charge >= 0.3 is 12.1 Å². The molecule has 0 unspecified atom stereocenters. The molecule has 5 aliphatic rings. The molecule has 14 nitrogen and oxygen atoms in total. The van der Waals surface area contributed by atoms with Crippen LogP contribution in [0.2, 0.25) is 0 Å². The maximum absolute atomic E-state index is 15.3. The minimum Gasteiger partial charge on any atom is -0.458 e. The van der Waals surface area contributed by atoms with E-state index in [1.165, 1.54) is 6.07 Å². The minimum absolute atomic E-state index is 0.00215. The summed E-state index contributed by atoms with van der Waals surface area (Å²) in [6, 6.07) is 18.6. The summed E-state index contributed by atoms with van der Waals surface area (Å²) < 4.78 is 33.4. The Labute approximate surface area is 354 Å². The van der Waals surface area contributed by atoms with Gasteiger partial charge in [0, 0.05) is 34.4 Å². The number of benzene rings is 3. The van der Waals surface area contributed by atoms with Gasteiger partial charge in [0.25, 0.3) is 5.56 Å². The smallest absolute Gasteiger partial charge is 0.407 e. The Morgan fingerprint density at radius 2 is 1.73 bits per heavy atom. The number of hydrogen-bond donors (Lipinski definition) is 4. The summed E-state index contributed by atoms with van der Waals surface area (Å²) in [7, 11) is 0. The average Bonchev–Trinajstić information content (AvgIpc) is 3.79. The van der Waals surface area contributed by atoms with Crippen LogP contribution in [-0.4, -0.2) is 64.5 Å². The van der Waals surface area contributed by atoms with Crippen LogP contribution in [0.1, 0.15) is 89.1 Å². The van der Waals surface area contributed by atoms with Gasteiger partial charge in [-0.05, 0) is 84.0 Å². The Balaban J connectivity index is 0.757. The lowest BCUT2D eigenvalue weighted by Gasteiger charge is -2.36. The quantitative estimate of drug-likeness (QED) is 0.108. The molecule has 0 radical (unpaired) electrons. The predicted octanol–water partition coefficient (Wildman–Crippen LogP) is 5.04. The van der Waals surface area contributed by atoms with E-state index < -0.39 is 41.0 Å². The van der Waals surface area contributed by atoms with E-state index in [1.807, 2.05) is 36.4 Å². The normalized spacial score (nSPS) is 21.4. The zero-order valence-electron chi connectivity index (χ0n) is 34.1. The highest BCUT2D eigenvalue weighted by atomic mass is 19.1. The standard InChI is InChI=1S/C47H44FN5O9/c1-3-47(59)34-16-38-42-31(19-53(38)44(56)33(34)21-60-45(47)57)41-36(13-12-26-23(2)35(48)17-37(51-42)40(26)41)52-43(55)24-14-25(15-24)62-22-50-39(54)18-49-46(58)61-20-32-29-10-6-4-8-27(29)28-9-5-7-11-30(28)32/h4-11,16-17,24-25,32,36,59H,3,12-15,18-22H2,1-2H3,(H,49,58)(H,50,54)(H,52,55)/t24-,25+,36-,47-/m0/s1. The molecule has 0 saturated heterocycles. The third-order valence-electron chi connectivity index (χ3n) is 13.5. The molecule has 3 aromatic carbocycles. The molecule has 0 bridgehead atoms. The molecular formula is C47H44FN5O9. The number of halogens is 1. The van der Waals surface area contributed by atoms with Crippen molar-refractivity contribution in [3.8, 4) is 22.5 Å². The van der Waals surface area contributed by atoms with Crippen LogP contribution >= 0.6 is 0 Å². The molecule has 4 N–H and O–H groups in total. The van der Waals surface area contributed by atoms with Crippen LogP contribution in [0.3, 0.4) is 0 Å². The number of hydrogen-bond acceptors (Lipinski definition) is 10. The fraction of sp³-hybridized carbons (Fsp3) is 0.362. The second kappa shape index (κ2) is 15.2. The molecule has 1 fully saturated rings. The summed E-state index contributed by atoms with van der Waals surface area (Å²) in [5, 5.41) is 20.5. The third kappa shape index (κ3) is 6.35. The van der Waals surface area contributed by atoms with E-state index in [1.54, 1.807) is 24.5 Å². The second-order valence-corrected chi connectivity index (χ2v) is 16.8. The van der Waals surface area contributed by atoms with Crippen molar-refractivity contribution in [1.29, 1.82) is 0 Å². The van der Waals surface area contributed by atoms with Crippen LogP contribution < -0.4 is 21.5 Å². The van der Waals surface area contributed by atoms with Crippen molar-refractivity contribution in [1.82, 2.24) is 25.5 Å². The van der Waals surface area contributed by atoms with E-state index >= 15 is 4.39 Å². The lowest BCUT2D eigenvalue weighted by atomic mass is 9.79. The van der Waals surface area contributed by atoms with Gasteiger partial charge in [-0.1, -0.05) is 55.5 Å². The Morgan fingerprint density at radius 1 is 1.00 bits per heavy atom. The van der Waals surface area contributed by atoms with Crippen LogP contribution in [0.5, 0.6) is 0 Å². The van der Waals surface area contributed by atoms with E-state index in [2.05, 4.69) is 28.1 Å². The minimum atomic E-state index is -2.00. The molecule has 0 spiro atoms. The number of amides is 3. The summed E-state index contributed by atoms with van der Waals surface area (Å²) in [6.07, 6.45) is 0.909. The molecule has 5 aromatic rings. The first kappa shape index (κ1) is 39.7. The molecule has 3 aliphatic carbocycles. The number of pyridine rings is 2. The monoisotopic (exact) mass is 841 g/mol. The first-order valence-corrected chi connectivity index (χ1v) is 21.0. The zero-order valence-corrected chi connectivity index (χ0v) is 34.1. The molecule has 3 amide bonds. The molecule has 4 heterocycles. The second-order valence-electron chi connectivity index (χ2n) is 16.8. The number of fused-ring (bicyclic) bond motifs is 8. The summed E-state index contributed by atoms with van der Waals surface area (Å²) in [5.74, 6) is -2.29. The SMILES string of the molecule is CC[C@@]1(O)C(=O)OCc2c1cc1n(c2=O)Cc2c-1nc1cc(F)c(C)c3c1c2[C@@H](NC(=O)[C@H]1C[C@@H](OCNC(=O)CNC(=O)OCC2c4ccccc4-c4ccccc42)C1)CC3. The van der Waals surface area contributed by atoms with Crippen molar-refractivity contribution in [3.63, 3.8) is 0 Å². The Kier molecular flexibility index (Phi) is 9.71. The zero-order chi connectivity index (χ0) is 43.0. The van der Waals surface area contributed by atoms with E-state index in [9.17, 15) is 29.1 Å². The number of ether oxygens (including phenoxy) is 3. The van der Waals surface area contributed by atoms with Gasteiger partial charge in [-0.25, -0.2) is 19.0 Å². The van der Waals surface area contributed by atoms with E-state index in [-0.39, 0.29) is 74.4 Å². The van der Waals surface area contributed by atoms with Crippen molar-refractivity contribution in [2.45, 2.75) is 82.8 Å². The number of nitrogens with zero attached hydrogens (tertiary/aromatic N) is 2. The van der Waals surface area contributed by atoms with Crippen molar-refractivity contribution >= 4 is 34.8 Å². The van der Waals surface area contributed by atoms with Crippen molar-refractivity contribution in [2.75, 3.05) is 19.9 Å². The molecule has 2 aliphatic heterocycles. The van der Waals surface area contributed by atoms with Gasteiger partial charge in [0.15, 0.2) is 5.60 Å². The lowest BCUT2D eigenvalue weighted by molar-refractivity contribution is -0.172. The predicted molar refractivity (Wildman–Crippen MR) is 222 cm³/mol. The summed E-state index contributed by atoms with van der Waals surface area (Å²) in [4.78, 5) is 70.3.